The van der Waals surface area contributed by atoms with Gasteiger partial charge in [0.25, 0.3) is 7.82 Å². The van der Waals surface area contributed by atoms with Crippen molar-refractivity contribution in [3.63, 3.8) is 0 Å². The maximum absolute atomic E-state index is 12.6. The van der Waals surface area contributed by atoms with Crippen molar-refractivity contribution in [1.29, 1.82) is 0 Å². The molecule has 0 aliphatic carbocycles. The zero-order valence-corrected chi connectivity index (χ0v) is 39.5. The highest BCUT2D eigenvalue weighted by Crippen LogP contribution is 2.38. The number of rotatable bonds is 43. The van der Waals surface area contributed by atoms with E-state index in [-0.39, 0.29) is 25.6 Å². The predicted molar refractivity (Wildman–Crippen MR) is 250 cm³/mol. The van der Waals surface area contributed by atoms with Gasteiger partial charge in [0.1, 0.15) is 12.7 Å². The number of phosphoric acid groups is 1. The average molecular weight is 882 g/mol. The number of hydrogen-bond acceptors (Lipinski definition) is 10. The van der Waals surface area contributed by atoms with Gasteiger partial charge in [0.15, 0.2) is 6.10 Å². The molecular weight excluding hydrogens is 794 g/mol. The molecule has 61 heavy (non-hydrogen) atoms. The molecule has 0 aliphatic heterocycles. The Bertz CT molecular complexity index is 1230. The molecule has 0 radical (unpaired) electrons. The number of allylic oxidation sites excluding steroid dienone is 12. The summed E-state index contributed by atoms with van der Waals surface area (Å²) in [6.07, 6.45) is 51.4. The first-order valence-electron chi connectivity index (χ1n) is 23.4. The summed E-state index contributed by atoms with van der Waals surface area (Å²) in [6, 6.07) is 0. The fourth-order valence-electron chi connectivity index (χ4n) is 6.07. The number of aliphatic hydroxyl groups is 2. The van der Waals surface area contributed by atoms with Crippen molar-refractivity contribution in [2.45, 2.75) is 199 Å². The highest BCUT2D eigenvalue weighted by molar-refractivity contribution is 7.45. The van der Waals surface area contributed by atoms with Crippen molar-refractivity contribution in [1.82, 2.24) is 6.15 Å². The van der Waals surface area contributed by atoms with E-state index in [1.165, 1.54) is 89.9 Å². The fraction of sp³-hybridized carbons (Fsp3) is 0.714. The number of unbranched alkanes of at least 4 members (excludes halogenated alkanes) is 17. The Kier molecular flexibility index (Phi) is 46.4. The Balaban J connectivity index is 0. The molecule has 0 aromatic rings. The van der Waals surface area contributed by atoms with Crippen LogP contribution in [-0.2, 0) is 32.7 Å². The van der Waals surface area contributed by atoms with Crippen LogP contribution in [0.15, 0.2) is 72.9 Å². The van der Waals surface area contributed by atoms with Crippen molar-refractivity contribution < 1.29 is 47.8 Å². The molecule has 0 saturated carbocycles. The third-order valence-corrected chi connectivity index (χ3v) is 10.6. The molecule has 0 heterocycles. The van der Waals surface area contributed by atoms with E-state index in [1.54, 1.807) is 0 Å². The number of carbonyl (C=O) groups is 2. The Hall–Kier alpha value is -2.63. The summed E-state index contributed by atoms with van der Waals surface area (Å²) in [6.45, 7) is 2.01. The number of aliphatic hydroxyl groups excluding tert-OH is 2. The molecule has 0 amide bonds. The SMILES string of the molecule is CC/C=C\C/C=C\C/C=C\C/C=C\C/C=C\C/C=C\CCC(=O)O[C@H](COC(=O)CCCCCCCCCCCCCCCCCCCC)COP(=O)([O-])OCC(O)CO.[NH4+]. The lowest BCUT2D eigenvalue weighted by molar-refractivity contribution is -0.230. The number of phosphoric ester groups is 1. The second kappa shape index (κ2) is 46.9. The van der Waals surface area contributed by atoms with Gasteiger partial charge in [-0.15, -0.1) is 0 Å². The molecule has 0 saturated heterocycles. The fourth-order valence-corrected chi connectivity index (χ4v) is 6.85. The maximum atomic E-state index is 12.6. The lowest BCUT2D eigenvalue weighted by Gasteiger charge is -2.26. The first kappa shape index (κ1) is 60.5. The van der Waals surface area contributed by atoms with Gasteiger partial charge in [-0.3, -0.25) is 14.2 Å². The number of hydrogen-bond donors (Lipinski definition) is 3. The van der Waals surface area contributed by atoms with Crippen molar-refractivity contribution in [3.8, 4) is 0 Å². The summed E-state index contributed by atoms with van der Waals surface area (Å²) in [5.41, 5.74) is 0. The zero-order chi connectivity index (χ0) is 44.0. The Morgan fingerprint density at radius 2 is 0.934 bits per heavy atom. The van der Waals surface area contributed by atoms with Crippen LogP contribution < -0.4 is 11.0 Å². The number of carbonyl (C=O) groups excluding carboxylic acids is 2. The van der Waals surface area contributed by atoms with E-state index in [1.807, 2.05) is 12.2 Å². The molecule has 354 valence electrons. The Morgan fingerprint density at radius 1 is 0.541 bits per heavy atom. The molecule has 0 rings (SSSR count). The van der Waals surface area contributed by atoms with Gasteiger partial charge in [0.05, 0.1) is 19.8 Å². The third-order valence-electron chi connectivity index (χ3n) is 9.63. The first-order chi connectivity index (χ1) is 29.2. The molecular formula is C49H88NO10P. The van der Waals surface area contributed by atoms with Gasteiger partial charge >= 0.3 is 11.9 Å². The molecule has 3 atom stereocenters. The van der Waals surface area contributed by atoms with Gasteiger partial charge in [-0.25, -0.2) is 0 Å². The van der Waals surface area contributed by atoms with Crippen LogP contribution in [0.25, 0.3) is 0 Å². The van der Waals surface area contributed by atoms with Crippen LogP contribution in [0.4, 0.5) is 0 Å². The van der Waals surface area contributed by atoms with E-state index in [9.17, 15) is 24.2 Å². The standard InChI is InChI=1S/C49H85O10P.H3N/c1-3-5-7-9-11-13-15-17-19-21-23-25-27-29-31-33-35-37-39-41-49(53)59-47(45-58-60(54,55)57-43-46(51)42-50)44-56-48(52)40-38-36-34-32-30-28-26-24-22-20-18-16-14-12-10-8-6-4-2;/h5,7,11,13,17,19,23,25,29,31,35,37,46-47,50-51H,3-4,6,8-10,12,14-16,18,20-22,24,26-28,30,32-34,36,38-45H2,1-2H3,(H,54,55);1H3/b7-5-,13-11-,19-17-,25-23-,31-29-,37-35-;/t46?,47-;/m1./s1. The van der Waals surface area contributed by atoms with Gasteiger partial charge in [0.2, 0.25) is 0 Å². The van der Waals surface area contributed by atoms with Gasteiger partial charge in [-0.2, -0.15) is 0 Å². The minimum Gasteiger partial charge on any atom is -0.756 e. The summed E-state index contributed by atoms with van der Waals surface area (Å²) in [5, 5.41) is 18.3. The number of esters is 2. The largest absolute Gasteiger partial charge is 0.756 e. The highest BCUT2D eigenvalue weighted by Gasteiger charge is 2.21. The predicted octanol–water partition coefficient (Wildman–Crippen LogP) is 12.6. The van der Waals surface area contributed by atoms with Gasteiger partial charge in [0, 0.05) is 12.8 Å². The number of ether oxygens (including phenoxy) is 2. The van der Waals surface area contributed by atoms with Crippen LogP contribution in [0.3, 0.4) is 0 Å². The van der Waals surface area contributed by atoms with Crippen LogP contribution in [-0.4, -0.2) is 60.8 Å². The highest BCUT2D eigenvalue weighted by atomic mass is 31.2. The van der Waals surface area contributed by atoms with Crippen molar-refractivity contribution in [3.05, 3.63) is 72.9 Å². The molecule has 0 aromatic carbocycles. The first-order valence-corrected chi connectivity index (χ1v) is 24.8. The molecule has 6 N–H and O–H groups in total. The minimum atomic E-state index is -4.89. The van der Waals surface area contributed by atoms with E-state index in [0.717, 1.165) is 57.8 Å². The summed E-state index contributed by atoms with van der Waals surface area (Å²) in [5.74, 6) is -1.06. The number of quaternary nitrogens is 1. The maximum Gasteiger partial charge on any atom is 0.306 e. The Morgan fingerprint density at radius 3 is 1.36 bits per heavy atom. The second-order valence-electron chi connectivity index (χ2n) is 15.4. The van der Waals surface area contributed by atoms with Gasteiger partial charge < -0.3 is 39.8 Å². The normalized spacial score (nSPS) is 14.2. The Labute approximate surface area is 371 Å². The van der Waals surface area contributed by atoms with Crippen LogP contribution in [0, 0.1) is 0 Å². The quantitative estimate of drug-likeness (QED) is 0.0230. The lowest BCUT2D eigenvalue weighted by Crippen LogP contribution is -2.30. The van der Waals surface area contributed by atoms with Crippen LogP contribution in [0.1, 0.15) is 187 Å². The van der Waals surface area contributed by atoms with E-state index in [4.69, 9.17) is 19.1 Å². The smallest absolute Gasteiger partial charge is 0.306 e. The molecule has 11 nitrogen and oxygen atoms in total. The van der Waals surface area contributed by atoms with Gasteiger partial charge in [-0.1, -0.05) is 196 Å². The summed E-state index contributed by atoms with van der Waals surface area (Å²) >= 11 is 0. The molecule has 0 spiro atoms. The van der Waals surface area contributed by atoms with E-state index in [2.05, 4.69) is 79.1 Å². The van der Waals surface area contributed by atoms with Crippen LogP contribution >= 0.6 is 7.82 Å². The van der Waals surface area contributed by atoms with Crippen molar-refractivity contribution in [2.75, 3.05) is 26.4 Å². The van der Waals surface area contributed by atoms with E-state index in [0.29, 0.717) is 12.8 Å². The topological polar surface area (TPSA) is 188 Å². The van der Waals surface area contributed by atoms with Gasteiger partial charge in [-0.05, 0) is 51.4 Å². The molecule has 12 heteroatoms. The van der Waals surface area contributed by atoms with Crippen molar-refractivity contribution in [2.24, 2.45) is 0 Å². The summed E-state index contributed by atoms with van der Waals surface area (Å²) in [7, 11) is -4.89. The van der Waals surface area contributed by atoms with Crippen LogP contribution in [0.2, 0.25) is 0 Å². The molecule has 0 fully saturated rings. The average Bonchev–Trinajstić information content (AvgIpc) is 3.24. The minimum absolute atomic E-state index is 0. The van der Waals surface area contributed by atoms with Crippen LogP contribution in [0.5, 0.6) is 0 Å². The monoisotopic (exact) mass is 882 g/mol. The molecule has 0 aromatic heterocycles. The van der Waals surface area contributed by atoms with E-state index < -0.39 is 51.8 Å². The summed E-state index contributed by atoms with van der Waals surface area (Å²) < 4.78 is 32.3. The lowest BCUT2D eigenvalue weighted by atomic mass is 10.0. The molecule has 0 bridgehead atoms. The summed E-state index contributed by atoms with van der Waals surface area (Å²) in [4.78, 5) is 37.2. The third kappa shape index (κ3) is 46.7. The second-order valence-corrected chi connectivity index (χ2v) is 16.8. The molecule has 0 aliphatic rings. The zero-order valence-electron chi connectivity index (χ0n) is 38.6. The van der Waals surface area contributed by atoms with E-state index >= 15 is 0 Å². The van der Waals surface area contributed by atoms with Crippen molar-refractivity contribution >= 4 is 19.8 Å². The molecule has 2 unspecified atom stereocenters.